The van der Waals surface area contributed by atoms with Gasteiger partial charge in [-0.2, -0.15) is 10.1 Å². The smallest absolute Gasteiger partial charge is 0.214 e. The molecule has 6 nitrogen and oxygen atoms in total. The second kappa shape index (κ2) is 2.57. The predicted octanol–water partition coefficient (Wildman–Crippen LogP) is 0.792. The van der Waals surface area contributed by atoms with Crippen LogP contribution in [-0.2, 0) is 0 Å². The Bertz CT molecular complexity index is 376. The van der Waals surface area contributed by atoms with Crippen LogP contribution in [0.15, 0.2) is 22.1 Å². The van der Waals surface area contributed by atoms with E-state index in [-0.39, 0.29) is 0 Å². The Kier molecular flexibility index (Phi) is 1.44. The van der Waals surface area contributed by atoms with Crippen LogP contribution in [0.3, 0.4) is 0 Å². The number of aromatic amines is 1. The zero-order chi connectivity index (χ0) is 8.39. The molecule has 0 saturated heterocycles. The number of aromatic nitrogens is 4. The number of nitrogens with one attached hydrogen (secondary N) is 1. The van der Waals surface area contributed by atoms with Gasteiger partial charge in [0.2, 0.25) is 12.2 Å². The van der Waals surface area contributed by atoms with Gasteiger partial charge in [0.05, 0.1) is 11.8 Å². The van der Waals surface area contributed by atoms with E-state index in [1.807, 2.05) is 0 Å². The summed E-state index contributed by atoms with van der Waals surface area (Å²) in [5, 5.41) is 10.0. The third kappa shape index (κ3) is 0.895. The molecule has 2 aromatic rings. The van der Waals surface area contributed by atoms with Crippen LogP contribution < -0.4 is 0 Å². The highest BCUT2D eigenvalue weighted by molar-refractivity contribution is 5.67. The molecular formula is C6H5N5O. The maximum Gasteiger partial charge on any atom is 0.214 e. The topological polar surface area (TPSA) is 80.0 Å². The first kappa shape index (κ1) is 6.71. The van der Waals surface area contributed by atoms with Crippen LogP contribution in [0, 0.1) is 0 Å². The van der Waals surface area contributed by atoms with Crippen LogP contribution in [0.25, 0.3) is 11.4 Å². The highest BCUT2D eigenvalue weighted by Crippen LogP contribution is 2.23. The highest BCUT2D eigenvalue weighted by atomic mass is 16.5. The molecule has 2 heterocycles. The van der Waals surface area contributed by atoms with Gasteiger partial charge in [0.25, 0.3) is 0 Å². The standard InChI is InChI=1S/C6H5N5O/c1-7-5-4(2-9-10-5)6-8-3-12-11-6/h2-3H,1H2,(H,9,10). The lowest BCUT2D eigenvalue weighted by molar-refractivity contribution is 0.419. The average Bonchev–Trinajstić information content (AvgIpc) is 2.74. The molecule has 0 atom stereocenters. The van der Waals surface area contributed by atoms with Crippen LogP contribution in [-0.4, -0.2) is 27.1 Å². The third-order valence-electron chi connectivity index (χ3n) is 1.38. The van der Waals surface area contributed by atoms with E-state index < -0.39 is 0 Å². The van der Waals surface area contributed by atoms with Gasteiger partial charge in [0.15, 0.2) is 5.82 Å². The van der Waals surface area contributed by atoms with Crippen LogP contribution in [0.4, 0.5) is 5.82 Å². The van der Waals surface area contributed by atoms with Gasteiger partial charge in [-0.15, -0.1) is 0 Å². The van der Waals surface area contributed by atoms with Crippen molar-refractivity contribution in [2.75, 3.05) is 0 Å². The number of rotatable bonds is 2. The second-order valence-electron chi connectivity index (χ2n) is 2.05. The molecule has 0 saturated carbocycles. The van der Waals surface area contributed by atoms with Crippen molar-refractivity contribution in [1.82, 2.24) is 20.3 Å². The van der Waals surface area contributed by atoms with Crippen LogP contribution >= 0.6 is 0 Å². The van der Waals surface area contributed by atoms with Gasteiger partial charge in [0, 0.05) is 0 Å². The molecule has 0 radical (unpaired) electrons. The summed E-state index contributed by atoms with van der Waals surface area (Å²) in [6.07, 6.45) is 2.81. The molecule has 12 heavy (non-hydrogen) atoms. The van der Waals surface area contributed by atoms with Gasteiger partial charge in [-0.3, -0.25) is 5.10 Å². The highest BCUT2D eigenvalue weighted by Gasteiger charge is 2.09. The number of aliphatic imine (C=N–C) groups is 1. The van der Waals surface area contributed by atoms with Crippen molar-refractivity contribution >= 4 is 12.5 Å². The number of nitrogens with zero attached hydrogens (tertiary/aromatic N) is 4. The monoisotopic (exact) mass is 163 g/mol. The molecule has 0 aliphatic carbocycles. The Balaban J connectivity index is 2.53. The fraction of sp³-hybridized carbons (Fsp3) is 0. The lowest BCUT2D eigenvalue weighted by Crippen LogP contribution is -1.76. The third-order valence-corrected chi connectivity index (χ3v) is 1.38. The SMILES string of the molecule is C=Nc1[nH]ncc1-c1ncon1. The van der Waals surface area contributed by atoms with Gasteiger partial charge in [-0.1, -0.05) is 5.16 Å². The molecule has 2 rings (SSSR count). The Morgan fingerprint density at radius 2 is 2.50 bits per heavy atom. The molecule has 0 aliphatic heterocycles. The number of hydrogen-bond acceptors (Lipinski definition) is 5. The van der Waals surface area contributed by atoms with Crippen molar-refractivity contribution in [1.29, 1.82) is 0 Å². The van der Waals surface area contributed by atoms with Crippen molar-refractivity contribution < 1.29 is 4.52 Å². The first-order valence-corrected chi connectivity index (χ1v) is 3.18. The van der Waals surface area contributed by atoms with E-state index in [2.05, 4.69) is 36.6 Å². The summed E-state index contributed by atoms with van der Waals surface area (Å²) in [7, 11) is 0. The Labute approximate surface area is 67.3 Å². The van der Waals surface area contributed by atoms with E-state index in [0.29, 0.717) is 17.2 Å². The number of H-pyrrole nitrogens is 1. The molecule has 60 valence electrons. The molecule has 1 N–H and O–H groups in total. The van der Waals surface area contributed by atoms with Crippen LogP contribution in [0.1, 0.15) is 0 Å². The normalized spacial score (nSPS) is 10.0. The Morgan fingerprint density at radius 3 is 3.17 bits per heavy atom. The summed E-state index contributed by atoms with van der Waals surface area (Å²) in [6, 6.07) is 0. The van der Waals surface area contributed by atoms with Gasteiger partial charge >= 0.3 is 0 Å². The van der Waals surface area contributed by atoms with Crippen molar-refractivity contribution in [3.8, 4) is 11.4 Å². The van der Waals surface area contributed by atoms with E-state index in [9.17, 15) is 0 Å². The molecule has 0 fully saturated rings. The Morgan fingerprint density at radius 1 is 1.58 bits per heavy atom. The molecule has 0 spiro atoms. The first-order chi connectivity index (χ1) is 5.92. The fourth-order valence-corrected chi connectivity index (χ4v) is 0.853. The summed E-state index contributed by atoms with van der Waals surface area (Å²) in [5.74, 6) is 0.988. The molecule has 6 heteroatoms. The van der Waals surface area contributed by atoms with Gasteiger partial charge in [-0.05, 0) is 6.72 Å². The summed E-state index contributed by atoms with van der Waals surface area (Å²) >= 11 is 0. The van der Waals surface area contributed by atoms with Gasteiger partial charge in [-0.25, -0.2) is 4.99 Å². The lowest BCUT2D eigenvalue weighted by atomic mass is 10.3. The molecule has 0 aliphatic rings. The minimum absolute atomic E-state index is 0.450. The van der Waals surface area contributed by atoms with E-state index in [1.54, 1.807) is 6.20 Å². The summed E-state index contributed by atoms with van der Waals surface area (Å²) in [5.41, 5.74) is 0.679. The van der Waals surface area contributed by atoms with E-state index in [0.717, 1.165) is 0 Å². The lowest BCUT2D eigenvalue weighted by Gasteiger charge is -1.87. The van der Waals surface area contributed by atoms with Gasteiger partial charge < -0.3 is 4.52 Å². The van der Waals surface area contributed by atoms with Crippen molar-refractivity contribution in [2.24, 2.45) is 4.99 Å². The maximum atomic E-state index is 4.57. The average molecular weight is 163 g/mol. The predicted molar refractivity (Wildman–Crippen MR) is 41.1 cm³/mol. The van der Waals surface area contributed by atoms with Gasteiger partial charge in [0.1, 0.15) is 0 Å². The van der Waals surface area contributed by atoms with Crippen LogP contribution in [0.5, 0.6) is 0 Å². The van der Waals surface area contributed by atoms with E-state index in [4.69, 9.17) is 0 Å². The zero-order valence-electron chi connectivity index (χ0n) is 6.06. The molecular weight excluding hydrogens is 158 g/mol. The largest absolute Gasteiger partial charge is 0.342 e. The van der Waals surface area contributed by atoms with E-state index >= 15 is 0 Å². The van der Waals surface area contributed by atoms with Crippen LogP contribution in [0.2, 0.25) is 0 Å². The molecule has 0 amide bonds. The number of hydrogen-bond donors (Lipinski definition) is 1. The molecule has 0 bridgehead atoms. The second-order valence-corrected chi connectivity index (χ2v) is 2.05. The van der Waals surface area contributed by atoms with Crippen molar-refractivity contribution in [2.45, 2.75) is 0 Å². The molecule has 0 unspecified atom stereocenters. The summed E-state index contributed by atoms with van der Waals surface area (Å²) < 4.78 is 4.57. The minimum atomic E-state index is 0.450. The summed E-state index contributed by atoms with van der Waals surface area (Å²) in [4.78, 5) is 7.54. The maximum absolute atomic E-state index is 4.57. The summed E-state index contributed by atoms with van der Waals surface area (Å²) in [6.45, 7) is 3.37. The van der Waals surface area contributed by atoms with E-state index in [1.165, 1.54) is 6.39 Å². The Hall–Kier alpha value is -1.98. The minimum Gasteiger partial charge on any atom is -0.342 e. The zero-order valence-corrected chi connectivity index (χ0v) is 6.06. The quantitative estimate of drug-likeness (QED) is 0.663. The van der Waals surface area contributed by atoms with Crippen molar-refractivity contribution in [3.05, 3.63) is 12.6 Å². The molecule has 0 aromatic carbocycles. The molecule has 2 aromatic heterocycles. The van der Waals surface area contributed by atoms with Crippen molar-refractivity contribution in [3.63, 3.8) is 0 Å². The fourth-order valence-electron chi connectivity index (χ4n) is 0.853. The first-order valence-electron chi connectivity index (χ1n) is 3.18.